The van der Waals surface area contributed by atoms with Gasteiger partial charge in [-0.2, -0.15) is 0 Å². The first kappa shape index (κ1) is 17.4. The van der Waals surface area contributed by atoms with Crippen molar-refractivity contribution in [2.75, 3.05) is 0 Å². The zero-order chi connectivity index (χ0) is 10.7. The topological polar surface area (TPSA) is 25.8 Å². The van der Waals surface area contributed by atoms with Crippen LogP contribution in [0.3, 0.4) is 0 Å². The van der Waals surface area contributed by atoms with Gasteiger partial charge in [-0.05, 0) is 26.8 Å². The predicted octanol–water partition coefficient (Wildman–Crippen LogP) is 4.91. The minimum Gasteiger partial charge on any atom is -0.237 e. The fraction of sp³-hybridized carbons (Fsp3) is 0.538. The van der Waals surface area contributed by atoms with E-state index in [1.54, 1.807) is 11.3 Å². The first-order valence-corrected chi connectivity index (χ1v) is 5.70. The predicted molar refractivity (Wildman–Crippen MR) is 76.4 cm³/mol. The molecule has 0 aromatic carbocycles. The quantitative estimate of drug-likeness (QED) is 0.653. The first-order valence-electron chi connectivity index (χ1n) is 4.88. The van der Waals surface area contributed by atoms with Gasteiger partial charge < -0.3 is 0 Å². The largest absolute Gasteiger partial charge is 0.237 e. The number of hydrogen-bond donors (Lipinski definition) is 0. The minimum absolute atomic E-state index is 0. The molecule has 3 heteroatoms. The second kappa shape index (κ2) is 7.34. The van der Waals surface area contributed by atoms with Gasteiger partial charge in [0.05, 0.1) is 15.9 Å². The average molecular weight is 240 g/mol. The molecule has 16 heavy (non-hydrogen) atoms. The third-order valence-electron chi connectivity index (χ3n) is 1.78. The fourth-order valence-corrected chi connectivity index (χ4v) is 2.23. The molecule has 2 rings (SSSR count). The van der Waals surface area contributed by atoms with Crippen molar-refractivity contribution in [3.63, 3.8) is 0 Å². The number of nitrogens with zero attached hydrogens (tertiary/aromatic N) is 2. The van der Waals surface area contributed by atoms with Crippen molar-refractivity contribution in [1.29, 1.82) is 0 Å². The maximum Gasteiger partial charge on any atom is 0.126 e. The molecule has 0 spiro atoms. The average Bonchev–Trinajstić information content (AvgIpc) is 2.49. The van der Waals surface area contributed by atoms with Gasteiger partial charge in [-0.25, -0.2) is 9.97 Å². The van der Waals surface area contributed by atoms with E-state index in [9.17, 15) is 0 Å². The third kappa shape index (κ3) is 3.56. The van der Waals surface area contributed by atoms with Gasteiger partial charge in [0.2, 0.25) is 0 Å². The van der Waals surface area contributed by atoms with Crippen molar-refractivity contribution in [3.8, 4) is 0 Å². The van der Waals surface area contributed by atoms with Crippen LogP contribution in [0.1, 0.15) is 45.1 Å². The highest BCUT2D eigenvalue weighted by molar-refractivity contribution is 7.19. The molecule has 0 amide bonds. The Labute approximate surface area is 104 Å². The number of rotatable bonds is 0. The Balaban J connectivity index is 0. The molecule has 0 unspecified atom stereocenters. The summed E-state index contributed by atoms with van der Waals surface area (Å²) < 4.78 is 1.22. The van der Waals surface area contributed by atoms with Crippen LogP contribution >= 0.6 is 11.3 Å². The van der Waals surface area contributed by atoms with E-state index in [1.807, 2.05) is 27.7 Å². The maximum absolute atomic E-state index is 4.36. The van der Waals surface area contributed by atoms with E-state index >= 15 is 0 Å². The standard InChI is InChI=1S/C9H10N2S.C2H6.2CH4/c1-5-4-8-9(12-5)6(2)10-7(3)11-8;1-2;;/h4H,1-3H3;1-2H3;2*1H4. The molecule has 0 atom stereocenters. The lowest BCUT2D eigenvalue weighted by Gasteiger charge is -1.95. The van der Waals surface area contributed by atoms with Gasteiger partial charge >= 0.3 is 0 Å². The SMILES string of the molecule is C.C.CC.Cc1nc(C)c2sc(C)cc2n1. The monoisotopic (exact) mass is 240 g/mol. The Kier molecular flexibility index (Phi) is 7.99. The molecule has 2 aromatic heterocycles. The molecule has 0 aliphatic carbocycles. The van der Waals surface area contributed by atoms with Crippen LogP contribution < -0.4 is 0 Å². The molecule has 0 N–H and O–H groups in total. The van der Waals surface area contributed by atoms with Crippen LogP contribution in [-0.4, -0.2) is 9.97 Å². The summed E-state index contributed by atoms with van der Waals surface area (Å²) in [5.74, 6) is 0.859. The second-order valence-corrected chi connectivity index (χ2v) is 4.18. The molecule has 0 saturated heterocycles. The van der Waals surface area contributed by atoms with Crippen molar-refractivity contribution >= 4 is 21.6 Å². The Morgan fingerprint density at radius 2 is 1.56 bits per heavy atom. The number of aromatic nitrogens is 2. The van der Waals surface area contributed by atoms with Crippen LogP contribution in [0.25, 0.3) is 10.2 Å². The molecule has 0 aliphatic rings. The summed E-state index contributed by atoms with van der Waals surface area (Å²) in [7, 11) is 0. The van der Waals surface area contributed by atoms with Crippen LogP contribution in [0, 0.1) is 20.8 Å². The lowest BCUT2D eigenvalue weighted by Crippen LogP contribution is -1.89. The van der Waals surface area contributed by atoms with E-state index < -0.39 is 0 Å². The summed E-state index contributed by atoms with van der Waals surface area (Å²) in [5, 5.41) is 0. The minimum atomic E-state index is 0. The van der Waals surface area contributed by atoms with Gasteiger partial charge in [0, 0.05) is 4.88 Å². The summed E-state index contributed by atoms with van der Waals surface area (Å²) in [6.45, 7) is 10.1. The van der Waals surface area contributed by atoms with E-state index in [2.05, 4.69) is 23.0 Å². The van der Waals surface area contributed by atoms with Crippen LogP contribution in [0.2, 0.25) is 0 Å². The van der Waals surface area contributed by atoms with Gasteiger partial charge in [-0.1, -0.05) is 28.7 Å². The molecule has 0 fully saturated rings. The Morgan fingerprint density at radius 3 is 2.12 bits per heavy atom. The van der Waals surface area contributed by atoms with E-state index in [0.717, 1.165) is 17.0 Å². The van der Waals surface area contributed by atoms with Gasteiger partial charge in [0.15, 0.2) is 0 Å². The molecule has 0 radical (unpaired) electrons. The number of fused-ring (bicyclic) bond motifs is 1. The van der Waals surface area contributed by atoms with E-state index in [1.165, 1.54) is 9.58 Å². The van der Waals surface area contributed by atoms with Crippen molar-refractivity contribution in [3.05, 3.63) is 22.5 Å². The zero-order valence-corrected chi connectivity index (χ0v) is 10.2. The molecular formula is C13H24N2S. The Morgan fingerprint density at radius 1 is 1.00 bits per heavy atom. The highest BCUT2D eigenvalue weighted by atomic mass is 32.1. The molecule has 2 nitrogen and oxygen atoms in total. The highest BCUT2D eigenvalue weighted by Gasteiger charge is 2.04. The van der Waals surface area contributed by atoms with Gasteiger partial charge in [-0.3, -0.25) is 0 Å². The lowest BCUT2D eigenvalue weighted by atomic mass is 10.3. The summed E-state index contributed by atoms with van der Waals surface area (Å²) in [6.07, 6.45) is 0. The fourth-order valence-electron chi connectivity index (χ4n) is 1.34. The number of hydrogen-bond acceptors (Lipinski definition) is 3. The zero-order valence-electron chi connectivity index (χ0n) is 9.38. The number of aryl methyl sites for hydroxylation is 3. The summed E-state index contributed by atoms with van der Waals surface area (Å²) >= 11 is 1.76. The van der Waals surface area contributed by atoms with Crippen LogP contribution in [0.5, 0.6) is 0 Å². The third-order valence-corrected chi connectivity index (χ3v) is 2.92. The molecule has 2 aromatic rings. The molecule has 0 bridgehead atoms. The van der Waals surface area contributed by atoms with Crippen molar-refractivity contribution < 1.29 is 0 Å². The van der Waals surface area contributed by atoms with Gasteiger partial charge in [0.1, 0.15) is 5.82 Å². The van der Waals surface area contributed by atoms with Gasteiger partial charge in [0.25, 0.3) is 0 Å². The Hall–Kier alpha value is -0.960. The maximum atomic E-state index is 4.36. The first-order chi connectivity index (χ1) is 6.66. The van der Waals surface area contributed by atoms with Crippen molar-refractivity contribution in [2.24, 2.45) is 0 Å². The van der Waals surface area contributed by atoms with Crippen LogP contribution in [0.4, 0.5) is 0 Å². The molecule has 0 aliphatic heterocycles. The van der Waals surface area contributed by atoms with Crippen molar-refractivity contribution in [2.45, 2.75) is 49.5 Å². The molecule has 92 valence electrons. The number of thiophene rings is 1. The van der Waals surface area contributed by atoms with E-state index in [0.29, 0.717) is 0 Å². The summed E-state index contributed by atoms with van der Waals surface area (Å²) in [6, 6.07) is 2.11. The normalized spacial score (nSPS) is 8.56. The summed E-state index contributed by atoms with van der Waals surface area (Å²) in [4.78, 5) is 9.97. The molecular weight excluding hydrogens is 216 g/mol. The van der Waals surface area contributed by atoms with E-state index in [4.69, 9.17) is 0 Å². The van der Waals surface area contributed by atoms with Crippen LogP contribution in [-0.2, 0) is 0 Å². The van der Waals surface area contributed by atoms with Gasteiger partial charge in [-0.15, -0.1) is 11.3 Å². The summed E-state index contributed by atoms with van der Waals surface area (Å²) in [5.41, 5.74) is 2.18. The van der Waals surface area contributed by atoms with E-state index in [-0.39, 0.29) is 14.9 Å². The lowest BCUT2D eigenvalue weighted by molar-refractivity contribution is 1.05. The van der Waals surface area contributed by atoms with Crippen LogP contribution in [0.15, 0.2) is 6.07 Å². The molecule has 0 saturated carbocycles. The van der Waals surface area contributed by atoms with Crippen molar-refractivity contribution in [1.82, 2.24) is 9.97 Å². The Bertz CT molecular complexity index is 433. The molecule has 2 heterocycles. The second-order valence-electron chi connectivity index (χ2n) is 2.93. The highest BCUT2D eigenvalue weighted by Crippen LogP contribution is 2.25. The smallest absolute Gasteiger partial charge is 0.126 e.